The van der Waals surface area contributed by atoms with Crippen LogP contribution in [0.25, 0.3) is 5.57 Å². The summed E-state index contributed by atoms with van der Waals surface area (Å²) in [7, 11) is 0. The van der Waals surface area contributed by atoms with Gasteiger partial charge in [-0.05, 0) is 87.5 Å². The summed E-state index contributed by atoms with van der Waals surface area (Å²) in [4.78, 5) is 15.7. The lowest BCUT2D eigenvalue weighted by Gasteiger charge is -2.47. The molecule has 0 radical (unpaired) electrons. The topological polar surface area (TPSA) is 62.2 Å². The lowest BCUT2D eigenvalue weighted by molar-refractivity contribution is 0.0669. The van der Waals surface area contributed by atoms with Crippen molar-refractivity contribution in [1.82, 2.24) is 4.90 Å². The van der Waals surface area contributed by atoms with Crippen molar-refractivity contribution in [2.45, 2.75) is 38.8 Å². The predicted octanol–water partition coefficient (Wildman–Crippen LogP) is 6.01. The molecule has 0 bridgehead atoms. The zero-order valence-electron chi connectivity index (χ0n) is 22.9. The molecule has 1 unspecified atom stereocenters. The van der Waals surface area contributed by atoms with Crippen LogP contribution in [0.2, 0.25) is 0 Å². The summed E-state index contributed by atoms with van der Waals surface area (Å²) in [5.74, 6) is 1.60. The number of carboxylic acid groups (broad SMARTS) is 1. The number of ether oxygens (including phenoxy) is 2. The van der Waals surface area contributed by atoms with Gasteiger partial charge >= 0.3 is 5.97 Å². The van der Waals surface area contributed by atoms with Crippen LogP contribution >= 0.6 is 0 Å². The molecular formula is C32H39FN2O4. The zero-order valence-corrected chi connectivity index (χ0v) is 22.9. The molecule has 7 heteroatoms. The van der Waals surface area contributed by atoms with E-state index in [1.165, 1.54) is 0 Å². The Morgan fingerprint density at radius 3 is 2.26 bits per heavy atom. The van der Waals surface area contributed by atoms with Gasteiger partial charge in [0, 0.05) is 31.7 Å². The zero-order chi connectivity index (χ0) is 27.4. The first kappa shape index (κ1) is 27.3. The smallest absolute Gasteiger partial charge is 0.335 e. The van der Waals surface area contributed by atoms with Crippen LogP contribution in [0.5, 0.6) is 0 Å². The van der Waals surface area contributed by atoms with Crippen molar-refractivity contribution in [3.8, 4) is 0 Å². The third-order valence-electron chi connectivity index (χ3n) is 8.22. The number of carbonyl (C=O) groups is 1. The molecule has 2 aliphatic heterocycles. The van der Waals surface area contributed by atoms with Crippen LogP contribution in [0.15, 0.2) is 72.2 Å². The Kier molecular flexibility index (Phi) is 8.26. The van der Waals surface area contributed by atoms with E-state index in [-0.39, 0.29) is 6.42 Å². The maximum Gasteiger partial charge on any atom is 0.335 e. The van der Waals surface area contributed by atoms with Crippen LogP contribution in [0, 0.1) is 11.8 Å². The van der Waals surface area contributed by atoms with E-state index >= 15 is 4.39 Å². The van der Waals surface area contributed by atoms with Gasteiger partial charge in [-0.15, -0.1) is 0 Å². The monoisotopic (exact) mass is 534 g/mol. The number of hydrogen-bond donors (Lipinski definition) is 1. The molecule has 3 aliphatic rings. The number of allylic oxidation sites excluding steroid dienone is 2. The van der Waals surface area contributed by atoms with Gasteiger partial charge in [-0.2, -0.15) is 0 Å². The molecule has 6 nitrogen and oxygen atoms in total. The van der Waals surface area contributed by atoms with Gasteiger partial charge < -0.3 is 19.5 Å². The predicted molar refractivity (Wildman–Crippen MR) is 151 cm³/mol. The molecule has 1 atom stereocenters. The highest BCUT2D eigenvalue weighted by Gasteiger charge is 2.41. The van der Waals surface area contributed by atoms with Gasteiger partial charge in [0.25, 0.3) is 0 Å². The molecule has 2 fully saturated rings. The highest BCUT2D eigenvalue weighted by atomic mass is 19.1. The van der Waals surface area contributed by atoms with E-state index in [9.17, 15) is 4.79 Å². The maximum atomic E-state index is 16.5. The summed E-state index contributed by atoms with van der Waals surface area (Å²) in [6.07, 6.45) is 4.03. The second-order valence-electron chi connectivity index (χ2n) is 10.9. The van der Waals surface area contributed by atoms with Crippen LogP contribution in [-0.4, -0.2) is 67.6 Å². The fourth-order valence-corrected chi connectivity index (χ4v) is 6.22. The Bertz CT molecular complexity index is 1200. The molecule has 208 valence electrons. The molecular weight excluding hydrogens is 495 g/mol. The minimum atomic E-state index is -1.55. The normalized spacial score (nSPS) is 22.8. The van der Waals surface area contributed by atoms with Crippen LogP contribution in [0.1, 0.15) is 49.0 Å². The van der Waals surface area contributed by atoms with Crippen molar-refractivity contribution in [2.75, 3.05) is 50.8 Å². The van der Waals surface area contributed by atoms with Crippen molar-refractivity contribution >= 4 is 17.2 Å². The lowest BCUT2D eigenvalue weighted by Crippen LogP contribution is -2.53. The molecule has 1 aliphatic carbocycles. The summed E-state index contributed by atoms with van der Waals surface area (Å²) in [5, 5.41) is 9.11. The fraction of sp³-hybridized carbons (Fsp3) is 0.469. The molecule has 0 aromatic heterocycles. The van der Waals surface area contributed by atoms with Crippen molar-refractivity contribution in [3.63, 3.8) is 0 Å². The summed E-state index contributed by atoms with van der Waals surface area (Å²) in [6.45, 7) is 8.90. The average Bonchev–Trinajstić information content (AvgIpc) is 2.90. The number of halogens is 1. The van der Waals surface area contributed by atoms with E-state index in [2.05, 4.69) is 9.80 Å². The molecule has 2 heterocycles. The lowest BCUT2D eigenvalue weighted by atomic mass is 9.79. The number of hydrogen-bond acceptors (Lipinski definition) is 5. The number of nitrogens with zero attached hydrogens (tertiary/aromatic N) is 2. The standard InChI is InChI=1S/C32H39FN2O4/c1-3-38-28-18-32(33,19-29(39-4-2)30(28)24-8-6-5-7-9-24)22-34-16-14-23(15-17-34)26-20-35(21-26)27-12-10-25(11-13-27)31(36)37/h5-13,18,23,26H,3-4,14-17,19-22H2,1-2H3,(H,36,37). The van der Waals surface area contributed by atoms with Crippen molar-refractivity contribution in [2.24, 2.45) is 11.8 Å². The molecule has 2 saturated heterocycles. The molecule has 2 aromatic rings. The number of piperidine rings is 1. The van der Waals surface area contributed by atoms with Crippen molar-refractivity contribution < 1.29 is 23.8 Å². The van der Waals surface area contributed by atoms with Crippen molar-refractivity contribution in [1.29, 1.82) is 0 Å². The van der Waals surface area contributed by atoms with Crippen molar-refractivity contribution in [3.05, 3.63) is 83.3 Å². The molecule has 0 spiro atoms. The highest BCUT2D eigenvalue weighted by Crippen LogP contribution is 2.42. The third-order valence-corrected chi connectivity index (χ3v) is 8.22. The Labute approximate surface area is 230 Å². The van der Waals surface area contributed by atoms with Gasteiger partial charge in [-0.3, -0.25) is 4.90 Å². The molecule has 0 amide bonds. The maximum absolute atomic E-state index is 16.5. The molecule has 39 heavy (non-hydrogen) atoms. The summed E-state index contributed by atoms with van der Waals surface area (Å²) in [6, 6.07) is 17.1. The van der Waals surface area contributed by atoms with Crippen LogP contribution in [0.4, 0.5) is 10.1 Å². The number of benzene rings is 2. The first-order valence-electron chi connectivity index (χ1n) is 14.2. The van der Waals surface area contributed by atoms with Crippen LogP contribution in [0.3, 0.4) is 0 Å². The summed E-state index contributed by atoms with van der Waals surface area (Å²) in [5.41, 5.74) is 1.69. The Hall–Kier alpha value is -3.32. The molecule has 0 saturated carbocycles. The highest BCUT2D eigenvalue weighted by molar-refractivity contribution is 5.88. The summed E-state index contributed by atoms with van der Waals surface area (Å²) < 4.78 is 28.5. The second-order valence-corrected chi connectivity index (χ2v) is 10.9. The first-order chi connectivity index (χ1) is 18.9. The average molecular weight is 535 g/mol. The van der Waals surface area contributed by atoms with E-state index < -0.39 is 11.6 Å². The Balaban J connectivity index is 1.18. The van der Waals surface area contributed by atoms with E-state index in [1.54, 1.807) is 18.2 Å². The van der Waals surface area contributed by atoms with Crippen LogP contribution in [-0.2, 0) is 9.47 Å². The van der Waals surface area contributed by atoms with Gasteiger partial charge in [-0.1, -0.05) is 30.3 Å². The Morgan fingerprint density at radius 1 is 0.974 bits per heavy atom. The second kappa shape index (κ2) is 11.8. The SMILES string of the molecule is CCOC1=CC(F)(CN2CCC(C3CN(c4ccc(C(=O)O)cc4)C3)CC2)CC(OCC)=C1c1ccccc1. The largest absolute Gasteiger partial charge is 0.497 e. The minimum absolute atomic E-state index is 0.208. The van der Waals surface area contributed by atoms with E-state index in [0.717, 1.165) is 55.8 Å². The van der Waals surface area contributed by atoms with Crippen LogP contribution < -0.4 is 4.90 Å². The van der Waals surface area contributed by atoms with Gasteiger partial charge in [0.2, 0.25) is 0 Å². The number of aromatic carboxylic acids is 1. The van der Waals surface area contributed by atoms with E-state index in [1.807, 2.05) is 56.3 Å². The van der Waals surface area contributed by atoms with Gasteiger partial charge in [0.1, 0.15) is 11.5 Å². The molecule has 2 aromatic carbocycles. The number of alkyl halides is 1. The number of anilines is 1. The van der Waals surface area contributed by atoms with Gasteiger partial charge in [0.15, 0.2) is 5.67 Å². The van der Waals surface area contributed by atoms with Gasteiger partial charge in [-0.25, -0.2) is 9.18 Å². The summed E-state index contributed by atoms with van der Waals surface area (Å²) >= 11 is 0. The quantitative estimate of drug-likeness (QED) is 0.403. The number of likely N-dealkylation sites (tertiary alicyclic amines) is 1. The minimum Gasteiger partial charge on any atom is -0.497 e. The first-order valence-corrected chi connectivity index (χ1v) is 14.2. The van der Waals surface area contributed by atoms with Gasteiger partial charge in [0.05, 0.1) is 24.4 Å². The molecule has 1 N–H and O–H groups in total. The fourth-order valence-electron chi connectivity index (χ4n) is 6.22. The van der Waals surface area contributed by atoms with E-state index in [0.29, 0.717) is 48.7 Å². The van der Waals surface area contributed by atoms with E-state index in [4.69, 9.17) is 14.6 Å². The number of rotatable bonds is 10. The molecule has 5 rings (SSSR count). The number of carboxylic acids is 1. The third kappa shape index (κ3) is 6.14. The Morgan fingerprint density at radius 2 is 1.64 bits per heavy atom.